The molecule has 1 rings (SSSR count). The average molecular weight is 370 g/mol. The number of aliphatic imine (C=N–C) groups is 1. The Hall–Kier alpha value is -1.60. The van der Waals surface area contributed by atoms with Crippen LogP contribution in [0, 0.1) is 5.92 Å². The minimum atomic E-state index is -3.16. The third-order valence-electron chi connectivity index (χ3n) is 3.88. The lowest BCUT2D eigenvalue weighted by molar-refractivity contribution is 0.0258. The second-order valence-corrected chi connectivity index (χ2v) is 8.31. The van der Waals surface area contributed by atoms with Crippen LogP contribution >= 0.6 is 0 Å². The molecule has 0 amide bonds. The monoisotopic (exact) mass is 369 g/mol. The summed E-state index contributed by atoms with van der Waals surface area (Å²) in [5.41, 5.74) is 0.990. The SMILES string of the molecule is CCOC(CCNC(=NC)NCc1ccc(S(C)(=O)=O)cc1)C(C)C. The van der Waals surface area contributed by atoms with E-state index in [0.29, 0.717) is 23.3 Å². The van der Waals surface area contributed by atoms with Gasteiger partial charge in [0.05, 0.1) is 11.0 Å². The van der Waals surface area contributed by atoms with Crippen molar-refractivity contribution in [3.05, 3.63) is 29.8 Å². The highest BCUT2D eigenvalue weighted by atomic mass is 32.2. The number of benzene rings is 1. The van der Waals surface area contributed by atoms with E-state index in [0.717, 1.165) is 25.1 Å². The molecule has 25 heavy (non-hydrogen) atoms. The van der Waals surface area contributed by atoms with Gasteiger partial charge in [0.15, 0.2) is 15.8 Å². The summed E-state index contributed by atoms with van der Waals surface area (Å²) in [4.78, 5) is 4.53. The quantitative estimate of drug-likeness (QED) is 0.515. The fourth-order valence-corrected chi connectivity index (χ4v) is 3.05. The first-order valence-corrected chi connectivity index (χ1v) is 10.5. The second-order valence-electron chi connectivity index (χ2n) is 6.30. The van der Waals surface area contributed by atoms with Gasteiger partial charge < -0.3 is 15.4 Å². The Balaban J connectivity index is 2.46. The molecule has 0 fully saturated rings. The first-order chi connectivity index (χ1) is 11.8. The summed E-state index contributed by atoms with van der Waals surface area (Å²) >= 11 is 0. The van der Waals surface area contributed by atoms with Gasteiger partial charge in [-0.05, 0) is 37.0 Å². The van der Waals surface area contributed by atoms with Crippen molar-refractivity contribution in [2.45, 2.75) is 44.7 Å². The predicted molar refractivity (Wildman–Crippen MR) is 103 cm³/mol. The van der Waals surface area contributed by atoms with Crippen molar-refractivity contribution >= 4 is 15.8 Å². The van der Waals surface area contributed by atoms with Crippen LogP contribution in [0.25, 0.3) is 0 Å². The second kappa shape index (κ2) is 10.4. The summed E-state index contributed by atoms with van der Waals surface area (Å²) in [6, 6.07) is 6.86. The number of sulfone groups is 1. The van der Waals surface area contributed by atoms with E-state index in [1.807, 2.05) is 6.92 Å². The molecule has 7 heteroatoms. The van der Waals surface area contributed by atoms with Crippen LogP contribution in [0.4, 0.5) is 0 Å². The number of rotatable bonds is 9. The number of guanidine groups is 1. The van der Waals surface area contributed by atoms with Crippen LogP contribution in [0.2, 0.25) is 0 Å². The van der Waals surface area contributed by atoms with Crippen LogP contribution in [0.15, 0.2) is 34.2 Å². The molecule has 0 aromatic heterocycles. The van der Waals surface area contributed by atoms with Gasteiger partial charge in [0.25, 0.3) is 0 Å². The summed E-state index contributed by atoms with van der Waals surface area (Å²) in [6.45, 7) is 8.40. The molecule has 1 atom stereocenters. The summed E-state index contributed by atoms with van der Waals surface area (Å²) in [5.74, 6) is 1.19. The Morgan fingerprint density at radius 1 is 1.20 bits per heavy atom. The standard InChI is InChI=1S/C18H31N3O3S/c1-6-24-17(14(2)3)11-12-20-18(19-4)21-13-15-7-9-16(10-8-15)25(5,22)23/h7-10,14,17H,6,11-13H2,1-5H3,(H2,19,20,21). The molecule has 142 valence electrons. The highest BCUT2D eigenvalue weighted by Gasteiger charge is 2.13. The van der Waals surface area contributed by atoms with E-state index >= 15 is 0 Å². The largest absolute Gasteiger partial charge is 0.378 e. The summed E-state index contributed by atoms with van der Waals surface area (Å²) in [5, 5.41) is 6.51. The highest BCUT2D eigenvalue weighted by Crippen LogP contribution is 2.11. The van der Waals surface area contributed by atoms with E-state index < -0.39 is 9.84 Å². The van der Waals surface area contributed by atoms with Gasteiger partial charge >= 0.3 is 0 Å². The minimum absolute atomic E-state index is 0.235. The van der Waals surface area contributed by atoms with E-state index in [-0.39, 0.29) is 6.10 Å². The first kappa shape index (κ1) is 21.4. The third kappa shape index (κ3) is 7.88. The lowest BCUT2D eigenvalue weighted by Crippen LogP contribution is -2.38. The van der Waals surface area contributed by atoms with Gasteiger partial charge in [-0.3, -0.25) is 4.99 Å². The lowest BCUT2D eigenvalue weighted by atomic mass is 10.0. The topological polar surface area (TPSA) is 79.8 Å². The Kier molecular flexibility index (Phi) is 8.92. The molecule has 1 aromatic carbocycles. The molecule has 2 N–H and O–H groups in total. The van der Waals surface area contributed by atoms with Crippen molar-refractivity contribution < 1.29 is 13.2 Å². The van der Waals surface area contributed by atoms with Crippen LogP contribution < -0.4 is 10.6 Å². The zero-order valence-corrected chi connectivity index (χ0v) is 16.7. The smallest absolute Gasteiger partial charge is 0.191 e. The lowest BCUT2D eigenvalue weighted by Gasteiger charge is -2.21. The van der Waals surface area contributed by atoms with Crippen molar-refractivity contribution in [3.63, 3.8) is 0 Å². The molecule has 0 aliphatic carbocycles. The Morgan fingerprint density at radius 3 is 2.32 bits per heavy atom. The van der Waals surface area contributed by atoms with Crippen LogP contribution in [-0.2, 0) is 21.1 Å². The third-order valence-corrected chi connectivity index (χ3v) is 5.01. The van der Waals surface area contributed by atoms with E-state index in [2.05, 4.69) is 29.5 Å². The predicted octanol–water partition coefficient (Wildman–Crippen LogP) is 2.21. The number of hydrogen-bond acceptors (Lipinski definition) is 4. The Morgan fingerprint density at radius 2 is 1.84 bits per heavy atom. The Bertz CT molecular complexity index is 640. The van der Waals surface area contributed by atoms with E-state index in [1.165, 1.54) is 6.26 Å². The first-order valence-electron chi connectivity index (χ1n) is 8.63. The van der Waals surface area contributed by atoms with Gasteiger partial charge in [-0.2, -0.15) is 0 Å². The van der Waals surface area contributed by atoms with Gasteiger partial charge in [-0.25, -0.2) is 8.42 Å². The molecule has 0 spiro atoms. The van der Waals surface area contributed by atoms with E-state index in [1.54, 1.807) is 31.3 Å². The zero-order chi connectivity index (χ0) is 18.9. The molecule has 0 saturated carbocycles. The van der Waals surface area contributed by atoms with Crippen molar-refractivity contribution in [1.82, 2.24) is 10.6 Å². The molecule has 0 radical (unpaired) electrons. The van der Waals surface area contributed by atoms with Gasteiger partial charge in [-0.1, -0.05) is 26.0 Å². The maximum atomic E-state index is 11.5. The van der Waals surface area contributed by atoms with Crippen LogP contribution in [0.1, 0.15) is 32.8 Å². The normalized spacial score (nSPS) is 13.8. The van der Waals surface area contributed by atoms with Crippen molar-refractivity contribution in [1.29, 1.82) is 0 Å². The van der Waals surface area contributed by atoms with Crippen molar-refractivity contribution in [2.24, 2.45) is 10.9 Å². The molecule has 0 heterocycles. The maximum Gasteiger partial charge on any atom is 0.191 e. The number of hydrogen-bond donors (Lipinski definition) is 2. The molecule has 1 aromatic rings. The molecule has 0 saturated heterocycles. The average Bonchev–Trinajstić information content (AvgIpc) is 2.56. The van der Waals surface area contributed by atoms with E-state index in [4.69, 9.17) is 4.74 Å². The number of nitrogens with zero attached hydrogens (tertiary/aromatic N) is 1. The summed E-state index contributed by atoms with van der Waals surface area (Å²) in [7, 11) is -1.43. The van der Waals surface area contributed by atoms with Crippen molar-refractivity contribution in [2.75, 3.05) is 26.5 Å². The van der Waals surface area contributed by atoms with Gasteiger partial charge in [0.1, 0.15) is 0 Å². The van der Waals surface area contributed by atoms with E-state index in [9.17, 15) is 8.42 Å². The van der Waals surface area contributed by atoms with Gasteiger partial charge in [0.2, 0.25) is 0 Å². The summed E-state index contributed by atoms with van der Waals surface area (Å²) < 4.78 is 28.7. The van der Waals surface area contributed by atoms with Crippen LogP contribution in [-0.4, -0.2) is 46.9 Å². The Labute approximate surface area is 152 Å². The minimum Gasteiger partial charge on any atom is -0.378 e. The highest BCUT2D eigenvalue weighted by molar-refractivity contribution is 7.90. The fourth-order valence-electron chi connectivity index (χ4n) is 2.42. The van der Waals surface area contributed by atoms with Crippen LogP contribution in [0.5, 0.6) is 0 Å². The van der Waals surface area contributed by atoms with Gasteiger partial charge in [0, 0.05) is 33.0 Å². The van der Waals surface area contributed by atoms with Gasteiger partial charge in [-0.15, -0.1) is 0 Å². The molecule has 6 nitrogen and oxygen atoms in total. The number of ether oxygens (including phenoxy) is 1. The molecule has 1 unspecified atom stereocenters. The number of nitrogens with one attached hydrogen (secondary N) is 2. The molecule has 0 aliphatic heterocycles. The molecule has 0 bridgehead atoms. The molecular weight excluding hydrogens is 338 g/mol. The van der Waals surface area contributed by atoms with Crippen molar-refractivity contribution in [3.8, 4) is 0 Å². The molecular formula is C18H31N3O3S. The zero-order valence-electron chi connectivity index (χ0n) is 15.9. The van der Waals surface area contributed by atoms with Crippen LogP contribution in [0.3, 0.4) is 0 Å². The summed E-state index contributed by atoms with van der Waals surface area (Å²) in [6.07, 6.45) is 2.35. The molecule has 0 aliphatic rings. The maximum absolute atomic E-state index is 11.5. The fraction of sp³-hybridized carbons (Fsp3) is 0.611.